The zero-order chi connectivity index (χ0) is 11.1. The highest BCUT2D eigenvalue weighted by atomic mass is 16.2. The maximum absolute atomic E-state index is 11.9. The Balaban J connectivity index is 2.43. The van der Waals surface area contributed by atoms with Crippen LogP contribution in [-0.4, -0.2) is 5.91 Å². The topological polar surface area (TPSA) is 55.1 Å². The van der Waals surface area contributed by atoms with Crippen LogP contribution < -0.4 is 11.1 Å². The maximum Gasteiger partial charge on any atom is 0.230 e. The minimum Gasteiger partial charge on any atom is -0.399 e. The number of hydrogen-bond donors (Lipinski definition) is 2. The molecule has 3 heteroatoms. The molecule has 1 amide bonds. The van der Waals surface area contributed by atoms with E-state index < -0.39 is 0 Å². The molecule has 0 radical (unpaired) electrons. The third-order valence-corrected chi connectivity index (χ3v) is 3.29. The predicted molar refractivity (Wildman–Crippen MR) is 61.6 cm³/mol. The second kappa shape index (κ2) is 3.26. The van der Waals surface area contributed by atoms with Gasteiger partial charge in [-0.05, 0) is 36.6 Å². The number of nitrogens with two attached hydrogens (primary N) is 1. The first-order valence-corrected chi connectivity index (χ1v) is 5.25. The first-order valence-electron chi connectivity index (χ1n) is 5.25. The van der Waals surface area contributed by atoms with Gasteiger partial charge in [-0.3, -0.25) is 4.79 Å². The predicted octanol–water partition coefficient (Wildman–Crippen LogP) is 2.18. The Labute approximate surface area is 89.7 Å². The number of fused-ring (bicyclic) bond motifs is 1. The standard InChI is InChI=1S/C12H16N2O/c1-3-12(2)7-8-6-9(13)4-5-10(8)14-11(12)15/h4-6H,3,7,13H2,1-2H3,(H,14,15). The molecule has 1 aliphatic rings. The Morgan fingerprint density at radius 3 is 2.93 bits per heavy atom. The van der Waals surface area contributed by atoms with Crippen molar-refractivity contribution < 1.29 is 4.79 Å². The summed E-state index contributed by atoms with van der Waals surface area (Å²) < 4.78 is 0. The molecular weight excluding hydrogens is 188 g/mol. The van der Waals surface area contributed by atoms with Gasteiger partial charge in [0.15, 0.2) is 0 Å². The van der Waals surface area contributed by atoms with Crippen molar-refractivity contribution in [2.45, 2.75) is 26.7 Å². The van der Waals surface area contributed by atoms with Crippen molar-refractivity contribution in [2.75, 3.05) is 11.1 Å². The molecule has 0 bridgehead atoms. The molecule has 3 nitrogen and oxygen atoms in total. The fourth-order valence-corrected chi connectivity index (χ4v) is 1.94. The minimum atomic E-state index is -0.291. The number of nitrogens with one attached hydrogen (secondary N) is 1. The van der Waals surface area contributed by atoms with E-state index in [2.05, 4.69) is 5.32 Å². The summed E-state index contributed by atoms with van der Waals surface area (Å²) in [5, 5.41) is 2.93. The number of hydrogen-bond acceptors (Lipinski definition) is 2. The van der Waals surface area contributed by atoms with Crippen LogP contribution in [0, 0.1) is 5.41 Å². The van der Waals surface area contributed by atoms with Gasteiger partial charge in [-0.25, -0.2) is 0 Å². The van der Waals surface area contributed by atoms with Crippen molar-refractivity contribution in [3.63, 3.8) is 0 Å². The smallest absolute Gasteiger partial charge is 0.230 e. The third-order valence-electron chi connectivity index (χ3n) is 3.29. The summed E-state index contributed by atoms with van der Waals surface area (Å²) in [5.74, 6) is 0.113. The monoisotopic (exact) mass is 204 g/mol. The van der Waals surface area contributed by atoms with Crippen molar-refractivity contribution >= 4 is 17.3 Å². The van der Waals surface area contributed by atoms with Gasteiger partial charge in [0.1, 0.15) is 0 Å². The van der Waals surface area contributed by atoms with Gasteiger partial charge in [-0.1, -0.05) is 13.8 Å². The van der Waals surface area contributed by atoms with Gasteiger partial charge in [0, 0.05) is 11.4 Å². The fraction of sp³-hybridized carbons (Fsp3) is 0.417. The summed E-state index contributed by atoms with van der Waals surface area (Å²) >= 11 is 0. The molecule has 1 unspecified atom stereocenters. The molecule has 0 saturated heterocycles. The summed E-state index contributed by atoms with van der Waals surface area (Å²) in [6.07, 6.45) is 1.61. The Bertz CT molecular complexity index is 414. The molecule has 1 aromatic rings. The molecule has 0 fully saturated rings. The quantitative estimate of drug-likeness (QED) is 0.689. The summed E-state index contributed by atoms with van der Waals surface area (Å²) in [6, 6.07) is 5.63. The van der Waals surface area contributed by atoms with Crippen LogP contribution in [0.15, 0.2) is 18.2 Å². The molecule has 1 aromatic carbocycles. The first kappa shape index (κ1) is 10.0. The van der Waals surface area contributed by atoms with Gasteiger partial charge < -0.3 is 11.1 Å². The van der Waals surface area contributed by atoms with Crippen LogP contribution in [-0.2, 0) is 11.2 Å². The fourth-order valence-electron chi connectivity index (χ4n) is 1.94. The number of amides is 1. The number of nitrogen functional groups attached to an aromatic ring is 1. The van der Waals surface area contributed by atoms with Crippen LogP contribution in [0.5, 0.6) is 0 Å². The molecule has 1 atom stereocenters. The summed E-state index contributed by atoms with van der Waals surface area (Å²) in [7, 11) is 0. The first-order chi connectivity index (χ1) is 7.05. The molecule has 0 aromatic heterocycles. The van der Waals surface area contributed by atoms with Gasteiger partial charge in [0.05, 0.1) is 5.41 Å². The average Bonchev–Trinajstić information content (AvgIpc) is 2.20. The largest absolute Gasteiger partial charge is 0.399 e. The number of anilines is 2. The molecule has 0 aliphatic carbocycles. The van der Waals surface area contributed by atoms with E-state index in [9.17, 15) is 4.79 Å². The lowest BCUT2D eigenvalue weighted by Crippen LogP contribution is -2.39. The van der Waals surface area contributed by atoms with E-state index in [1.165, 1.54) is 0 Å². The van der Waals surface area contributed by atoms with Crippen LogP contribution >= 0.6 is 0 Å². The van der Waals surface area contributed by atoms with Crippen molar-refractivity contribution in [1.82, 2.24) is 0 Å². The molecule has 2 rings (SSSR count). The summed E-state index contributed by atoms with van der Waals surface area (Å²) in [4.78, 5) is 11.9. The maximum atomic E-state index is 11.9. The lowest BCUT2D eigenvalue weighted by molar-refractivity contribution is -0.125. The highest BCUT2D eigenvalue weighted by Crippen LogP contribution is 2.36. The van der Waals surface area contributed by atoms with E-state index in [1.54, 1.807) is 0 Å². The Kier molecular flexibility index (Phi) is 2.18. The van der Waals surface area contributed by atoms with Gasteiger partial charge in [0.2, 0.25) is 5.91 Å². The Morgan fingerprint density at radius 2 is 2.27 bits per heavy atom. The Hall–Kier alpha value is -1.51. The van der Waals surface area contributed by atoms with Crippen LogP contribution in [0.3, 0.4) is 0 Å². The molecule has 80 valence electrons. The van der Waals surface area contributed by atoms with Crippen LogP contribution in [0.4, 0.5) is 11.4 Å². The van der Waals surface area contributed by atoms with E-state index in [0.717, 1.165) is 29.8 Å². The van der Waals surface area contributed by atoms with E-state index in [-0.39, 0.29) is 11.3 Å². The van der Waals surface area contributed by atoms with Crippen molar-refractivity contribution in [3.05, 3.63) is 23.8 Å². The number of benzene rings is 1. The van der Waals surface area contributed by atoms with Gasteiger partial charge in [-0.2, -0.15) is 0 Å². The van der Waals surface area contributed by atoms with Crippen LogP contribution in [0.1, 0.15) is 25.8 Å². The van der Waals surface area contributed by atoms with E-state index in [4.69, 9.17) is 5.73 Å². The minimum absolute atomic E-state index is 0.113. The molecule has 1 aliphatic heterocycles. The third kappa shape index (κ3) is 1.58. The van der Waals surface area contributed by atoms with E-state index in [0.29, 0.717) is 0 Å². The summed E-state index contributed by atoms with van der Waals surface area (Å²) in [6.45, 7) is 4.03. The Morgan fingerprint density at radius 1 is 1.53 bits per heavy atom. The molecular formula is C12H16N2O. The zero-order valence-electron chi connectivity index (χ0n) is 9.13. The van der Waals surface area contributed by atoms with E-state index >= 15 is 0 Å². The number of carbonyl (C=O) groups excluding carboxylic acids is 1. The average molecular weight is 204 g/mol. The molecule has 3 N–H and O–H groups in total. The molecule has 0 spiro atoms. The normalized spacial score (nSPS) is 24.5. The van der Waals surface area contributed by atoms with Gasteiger partial charge >= 0.3 is 0 Å². The second-order valence-electron chi connectivity index (χ2n) is 4.46. The number of rotatable bonds is 1. The lowest BCUT2D eigenvalue weighted by atomic mass is 9.77. The highest BCUT2D eigenvalue weighted by Gasteiger charge is 2.36. The zero-order valence-corrected chi connectivity index (χ0v) is 9.13. The van der Waals surface area contributed by atoms with Gasteiger partial charge in [-0.15, -0.1) is 0 Å². The van der Waals surface area contributed by atoms with Crippen molar-refractivity contribution in [3.8, 4) is 0 Å². The number of carbonyl (C=O) groups is 1. The lowest BCUT2D eigenvalue weighted by Gasteiger charge is -2.33. The van der Waals surface area contributed by atoms with Crippen LogP contribution in [0.2, 0.25) is 0 Å². The van der Waals surface area contributed by atoms with Crippen molar-refractivity contribution in [1.29, 1.82) is 0 Å². The van der Waals surface area contributed by atoms with Crippen molar-refractivity contribution in [2.24, 2.45) is 5.41 Å². The second-order valence-corrected chi connectivity index (χ2v) is 4.46. The SMILES string of the molecule is CCC1(C)Cc2cc(N)ccc2NC1=O. The highest BCUT2D eigenvalue weighted by molar-refractivity contribution is 5.98. The molecule has 0 saturated carbocycles. The molecule has 15 heavy (non-hydrogen) atoms. The van der Waals surface area contributed by atoms with Crippen LogP contribution in [0.25, 0.3) is 0 Å². The summed E-state index contributed by atoms with van der Waals surface area (Å²) in [5.41, 5.74) is 8.24. The van der Waals surface area contributed by atoms with Gasteiger partial charge in [0.25, 0.3) is 0 Å². The van der Waals surface area contributed by atoms with E-state index in [1.807, 2.05) is 32.0 Å². The molecule has 1 heterocycles.